The second-order valence-corrected chi connectivity index (χ2v) is 5.99. The highest BCUT2D eigenvalue weighted by atomic mass is 19.4. The zero-order valence-corrected chi connectivity index (χ0v) is 11.6. The van der Waals surface area contributed by atoms with Crippen molar-refractivity contribution in [3.05, 3.63) is 29.6 Å². The number of amides is 1. The molecule has 0 aromatic carbocycles. The maximum Gasteiger partial charge on any atom is 0.417 e. The van der Waals surface area contributed by atoms with Crippen LogP contribution < -0.4 is 5.43 Å². The Labute approximate surface area is 120 Å². The monoisotopic (exact) mass is 299 g/mol. The number of rotatable bonds is 4. The molecule has 1 N–H and O–H groups in total. The largest absolute Gasteiger partial charge is 0.417 e. The number of hydrogen-bond donors (Lipinski definition) is 1. The molecule has 1 aromatic heterocycles. The fraction of sp³-hybridized carbons (Fsp3) is 0.571. The molecule has 21 heavy (non-hydrogen) atoms. The number of carbonyl (C=O) groups excluding carboxylic acids is 1. The van der Waals surface area contributed by atoms with Crippen molar-refractivity contribution >= 4 is 5.91 Å². The van der Waals surface area contributed by atoms with Crippen molar-refractivity contribution < 1.29 is 18.0 Å². The SMILES string of the molecule is CN(NCc1ccc(C(F)(F)F)cn1)C(=O)C12CC(C1)C2. The summed E-state index contributed by atoms with van der Waals surface area (Å²) < 4.78 is 37.2. The summed E-state index contributed by atoms with van der Waals surface area (Å²) in [5, 5.41) is 1.44. The van der Waals surface area contributed by atoms with Gasteiger partial charge in [-0.25, -0.2) is 5.43 Å². The third-order valence-electron chi connectivity index (χ3n) is 4.45. The molecule has 2 bridgehead atoms. The average Bonchev–Trinajstić information content (AvgIpc) is 2.31. The van der Waals surface area contributed by atoms with E-state index in [1.807, 2.05) is 0 Å². The molecule has 114 valence electrons. The molecule has 0 unspecified atom stereocenters. The predicted molar refractivity (Wildman–Crippen MR) is 68.6 cm³/mol. The van der Waals surface area contributed by atoms with E-state index in [0.29, 0.717) is 5.69 Å². The molecule has 1 aromatic rings. The van der Waals surface area contributed by atoms with Crippen molar-refractivity contribution in [1.29, 1.82) is 0 Å². The van der Waals surface area contributed by atoms with Crippen LogP contribution in [0.4, 0.5) is 13.2 Å². The van der Waals surface area contributed by atoms with Gasteiger partial charge in [0, 0.05) is 13.2 Å². The summed E-state index contributed by atoms with van der Waals surface area (Å²) in [7, 11) is 1.65. The summed E-state index contributed by atoms with van der Waals surface area (Å²) in [6, 6.07) is 2.31. The first-order valence-corrected chi connectivity index (χ1v) is 6.84. The zero-order chi connectivity index (χ0) is 15.3. The molecule has 0 spiro atoms. The van der Waals surface area contributed by atoms with E-state index in [1.54, 1.807) is 7.05 Å². The van der Waals surface area contributed by atoms with Gasteiger partial charge in [-0.1, -0.05) is 0 Å². The van der Waals surface area contributed by atoms with E-state index < -0.39 is 11.7 Å². The third kappa shape index (κ3) is 2.50. The minimum atomic E-state index is -4.38. The van der Waals surface area contributed by atoms with Gasteiger partial charge in [-0.15, -0.1) is 0 Å². The maximum absolute atomic E-state index is 12.4. The topological polar surface area (TPSA) is 45.2 Å². The first kappa shape index (κ1) is 14.3. The summed E-state index contributed by atoms with van der Waals surface area (Å²) in [6.45, 7) is 0.222. The highest BCUT2D eigenvalue weighted by molar-refractivity contribution is 5.85. The molecule has 3 fully saturated rings. The van der Waals surface area contributed by atoms with E-state index in [2.05, 4.69) is 10.4 Å². The normalized spacial score (nSPS) is 26.8. The standard InChI is InChI=1S/C14H16F3N3O/c1-20(12(21)13-4-9(5-13)6-13)19-8-11-3-2-10(7-18-11)14(15,16)17/h2-3,7,9,19H,4-6,8H2,1H3. The first-order chi connectivity index (χ1) is 9.80. The Hall–Kier alpha value is -1.63. The van der Waals surface area contributed by atoms with E-state index >= 15 is 0 Å². The van der Waals surface area contributed by atoms with Crippen LogP contribution in [0.2, 0.25) is 0 Å². The number of halogens is 3. The van der Waals surface area contributed by atoms with Crippen molar-refractivity contribution in [3.8, 4) is 0 Å². The fourth-order valence-corrected chi connectivity index (χ4v) is 3.06. The quantitative estimate of drug-likeness (QED) is 0.868. The lowest BCUT2D eigenvalue weighted by Gasteiger charge is -2.60. The highest BCUT2D eigenvalue weighted by Gasteiger charge is 2.62. The van der Waals surface area contributed by atoms with Crippen LogP contribution in [-0.4, -0.2) is 22.9 Å². The lowest BCUT2D eigenvalue weighted by atomic mass is 9.44. The summed E-state index contributed by atoms with van der Waals surface area (Å²) in [4.78, 5) is 15.9. The van der Waals surface area contributed by atoms with Gasteiger partial charge < -0.3 is 0 Å². The van der Waals surface area contributed by atoms with E-state index in [4.69, 9.17) is 0 Å². The summed E-state index contributed by atoms with van der Waals surface area (Å²) in [5.74, 6) is 0.788. The number of aromatic nitrogens is 1. The minimum Gasteiger partial charge on any atom is -0.280 e. The second-order valence-electron chi connectivity index (χ2n) is 5.99. The van der Waals surface area contributed by atoms with Crippen LogP contribution in [0.5, 0.6) is 0 Å². The first-order valence-electron chi connectivity index (χ1n) is 6.84. The zero-order valence-electron chi connectivity index (χ0n) is 11.6. The Kier molecular flexibility index (Phi) is 3.20. The van der Waals surface area contributed by atoms with Gasteiger partial charge in [-0.05, 0) is 37.3 Å². The fourth-order valence-electron chi connectivity index (χ4n) is 3.06. The van der Waals surface area contributed by atoms with E-state index in [1.165, 1.54) is 11.1 Å². The highest BCUT2D eigenvalue weighted by Crippen LogP contribution is 2.64. The number of hydrogen-bond acceptors (Lipinski definition) is 3. The van der Waals surface area contributed by atoms with Crippen LogP contribution in [0.25, 0.3) is 0 Å². The van der Waals surface area contributed by atoms with Crippen molar-refractivity contribution in [2.24, 2.45) is 11.3 Å². The third-order valence-corrected chi connectivity index (χ3v) is 4.45. The average molecular weight is 299 g/mol. The molecule has 0 radical (unpaired) electrons. The number of nitrogens with zero attached hydrogens (tertiary/aromatic N) is 2. The second kappa shape index (κ2) is 4.69. The van der Waals surface area contributed by atoms with Gasteiger partial charge in [0.2, 0.25) is 5.91 Å². The molecule has 4 rings (SSSR count). The molecule has 7 heteroatoms. The van der Waals surface area contributed by atoms with Crippen LogP contribution >= 0.6 is 0 Å². The summed E-state index contributed by atoms with van der Waals surface area (Å²) in [6.07, 6.45) is -0.668. The molecule has 3 saturated carbocycles. The lowest BCUT2D eigenvalue weighted by molar-refractivity contribution is -0.178. The number of nitrogens with one attached hydrogen (secondary N) is 1. The van der Waals surface area contributed by atoms with E-state index in [0.717, 1.165) is 37.4 Å². The number of hydrazine groups is 1. The van der Waals surface area contributed by atoms with E-state index in [9.17, 15) is 18.0 Å². The van der Waals surface area contributed by atoms with Gasteiger partial charge >= 0.3 is 6.18 Å². The van der Waals surface area contributed by atoms with Crippen LogP contribution in [0.3, 0.4) is 0 Å². The van der Waals surface area contributed by atoms with Crippen molar-refractivity contribution in [2.45, 2.75) is 32.0 Å². The molecule has 0 saturated heterocycles. The molecule has 1 amide bonds. The number of carbonyl (C=O) groups is 1. The van der Waals surface area contributed by atoms with Crippen LogP contribution in [-0.2, 0) is 17.5 Å². The van der Waals surface area contributed by atoms with Gasteiger partial charge in [0.05, 0.1) is 23.2 Å². The molecule has 4 nitrogen and oxygen atoms in total. The van der Waals surface area contributed by atoms with Crippen molar-refractivity contribution in [1.82, 2.24) is 15.4 Å². The van der Waals surface area contributed by atoms with Gasteiger partial charge in [0.15, 0.2) is 0 Å². The Balaban J connectivity index is 1.54. The van der Waals surface area contributed by atoms with Gasteiger partial charge in [-0.2, -0.15) is 13.2 Å². The lowest BCUT2D eigenvalue weighted by Crippen LogP contribution is -2.62. The Morgan fingerprint density at radius 1 is 1.43 bits per heavy atom. The van der Waals surface area contributed by atoms with Gasteiger partial charge in [0.1, 0.15) is 0 Å². The van der Waals surface area contributed by atoms with Crippen LogP contribution in [0.15, 0.2) is 18.3 Å². The smallest absolute Gasteiger partial charge is 0.280 e. The molecule has 0 atom stereocenters. The van der Waals surface area contributed by atoms with Crippen molar-refractivity contribution in [3.63, 3.8) is 0 Å². The van der Waals surface area contributed by atoms with Gasteiger partial charge in [0.25, 0.3) is 0 Å². The molecule has 0 aliphatic heterocycles. The summed E-state index contributed by atoms with van der Waals surface area (Å²) in [5.41, 5.74) is 2.41. The van der Waals surface area contributed by atoms with Crippen LogP contribution in [0.1, 0.15) is 30.5 Å². The predicted octanol–water partition coefficient (Wildman–Crippen LogP) is 2.36. The van der Waals surface area contributed by atoms with Crippen LogP contribution in [0, 0.1) is 11.3 Å². The van der Waals surface area contributed by atoms with E-state index in [-0.39, 0.29) is 17.9 Å². The molecule has 3 aliphatic carbocycles. The molecular formula is C14H16F3N3O. The summed E-state index contributed by atoms with van der Waals surface area (Å²) >= 11 is 0. The molecular weight excluding hydrogens is 283 g/mol. The Bertz CT molecular complexity index is 539. The minimum absolute atomic E-state index is 0.0666. The number of pyridine rings is 1. The maximum atomic E-state index is 12.4. The van der Waals surface area contributed by atoms with Gasteiger partial charge in [-0.3, -0.25) is 14.8 Å². The number of alkyl halides is 3. The van der Waals surface area contributed by atoms with Crippen molar-refractivity contribution in [2.75, 3.05) is 7.05 Å². The Morgan fingerprint density at radius 3 is 2.52 bits per heavy atom. The Morgan fingerprint density at radius 2 is 2.10 bits per heavy atom. The molecule has 1 heterocycles. The molecule has 3 aliphatic rings.